The Kier molecular flexibility index (Phi) is 8.43. The fraction of sp³-hybridized carbons (Fsp3) is 0.250. The molecule has 0 radical (unpaired) electrons. The number of methoxy groups -OCH3 is 2. The van der Waals surface area contributed by atoms with Gasteiger partial charge >= 0.3 is 11.9 Å². The molecule has 0 amide bonds. The first-order valence-electron chi connectivity index (χ1n) is 13.5. The van der Waals surface area contributed by atoms with Gasteiger partial charge in [0.25, 0.3) is 5.56 Å². The number of benzene rings is 2. The maximum Gasteiger partial charge on any atom is 0.338 e. The number of fused-ring (bicyclic) bond motifs is 1. The van der Waals surface area contributed by atoms with Gasteiger partial charge in [0.15, 0.2) is 4.80 Å². The summed E-state index contributed by atoms with van der Waals surface area (Å²) >= 11 is 7.60. The molecule has 0 bridgehead atoms. The summed E-state index contributed by atoms with van der Waals surface area (Å²) < 4.78 is 19.8. The molecule has 43 heavy (non-hydrogen) atoms. The number of hydrogen-bond donors (Lipinski definition) is 0. The van der Waals surface area contributed by atoms with Gasteiger partial charge in [-0.25, -0.2) is 14.6 Å². The molecule has 0 saturated heterocycles. The molecular weight excluding hydrogens is 590 g/mol. The first-order valence-corrected chi connectivity index (χ1v) is 14.7. The van der Waals surface area contributed by atoms with Crippen LogP contribution in [-0.2, 0) is 14.3 Å². The Balaban J connectivity index is 1.65. The number of hydrogen-bond acceptors (Lipinski definition) is 8. The summed E-state index contributed by atoms with van der Waals surface area (Å²) in [6, 6.07) is 13.4. The summed E-state index contributed by atoms with van der Waals surface area (Å²) in [7, 11) is 2.81. The van der Waals surface area contributed by atoms with Crippen LogP contribution in [0.15, 0.2) is 69.6 Å². The number of halogens is 1. The fourth-order valence-electron chi connectivity index (χ4n) is 5.34. The first-order chi connectivity index (χ1) is 20.6. The van der Waals surface area contributed by atoms with Gasteiger partial charge in [0.1, 0.15) is 11.8 Å². The highest BCUT2D eigenvalue weighted by atomic mass is 35.5. The van der Waals surface area contributed by atoms with E-state index in [1.54, 1.807) is 44.2 Å². The molecule has 0 N–H and O–H groups in total. The van der Waals surface area contributed by atoms with Crippen LogP contribution in [0.1, 0.15) is 52.8 Å². The number of allylic oxidation sites excluding steroid dienone is 1. The van der Waals surface area contributed by atoms with Crippen molar-refractivity contribution < 1.29 is 23.8 Å². The van der Waals surface area contributed by atoms with Crippen LogP contribution in [0.25, 0.3) is 11.8 Å². The summed E-state index contributed by atoms with van der Waals surface area (Å²) in [6.07, 6.45) is 1.83. The highest BCUT2D eigenvalue weighted by Crippen LogP contribution is 2.37. The number of carbonyl (C=O) groups excluding carboxylic acids is 2. The molecule has 4 aromatic rings. The molecule has 0 saturated carbocycles. The van der Waals surface area contributed by atoms with Crippen molar-refractivity contribution in [3.05, 3.63) is 113 Å². The molecular formula is C32H30ClN3O6S. The van der Waals surface area contributed by atoms with Crippen molar-refractivity contribution in [2.45, 2.75) is 33.7 Å². The Hall–Kier alpha value is -4.41. The number of carbonyl (C=O) groups is 2. The van der Waals surface area contributed by atoms with Gasteiger partial charge in [-0.2, -0.15) is 0 Å². The molecule has 2 aromatic carbocycles. The van der Waals surface area contributed by atoms with Crippen molar-refractivity contribution in [1.82, 2.24) is 9.13 Å². The van der Waals surface area contributed by atoms with E-state index in [0.29, 0.717) is 43.5 Å². The molecule has 0 aliphatic carbocycles. The van der Waals surface area contributed by atoms with E-state index >= 15 is 0 Å². The molecule has 0 spiro atoms. The van der Waals surface area contributed by atoms with Crippen LogP contribution in [0, 0.1) is 13.8 Å². The first kappa shape index (κ1) is 30.1. The van der Waals surface area contributed by atoms with E-state index in [0.717, 1.165) is 22.6 Å². The van der Waals surface area contributed by atoms with E-state index in [1.807, 2.05) is 38.1 Å². The van der Waals surface area contributed by atoms with Crippen LogP contribution in [-0.4, -0.2) is 41.9 Å². The molecule has 222 valence electrons. The molecule has 1 atom stereocenters. The van der Waals surface area contributed by atoms with Crippen molar-refractivity contribution >= 4 is 41.0 Å². The fourth-order valence-corrected chi connectivity index (χ4v) is 6.56. The number of thiazole rings is 1. The Morgan fingerprint density at radius 1 is 1.05 bits per heavy atom. The predicted octanol–water partition coefficient (Wildman–Crippen LogP) is 4.65. The van der Waals surface area contributed by atoms with Gasteiger partial charge in [0.05, 0.1) is 42.2 Å². The molecule has 0 fully saturated rings. The smallest absolute Gasteiger partial charge is 0.338 e. The zero-order valence-electron chi connectivity index (χ0n) is 24.6. The molecule has 1 aliphatic rings. The third kappa shape index (κ3) is 5.44. The molecule has 9 nitrogen and oxygen atoms in total. The molecule has 0 unspecified atom stereocenters. The average molecular weight is 620 g/mol. The van der Waals surface area contributed by atoms with E-state index in [2.05, 4.69) is 9.56 Å². The van der Waals surface area contributed by atoms with Crippen molar-refractivity contribution in [2.24, 2.45) is 4.99 Å². The van der Waals surface area contributed by atoms with Crippen molar-refractivity contribution in [3.63, 3.8) is 0 Å². The topological polar surface area (TPSA) is 101 Å². The quantitative estimate of drug-likeness (QED) is 0.279. The van der Waals surface area contributed by atoms with Gasteiger partial charge in [-0.15, -0.1) is 0 Å². The summed E-state index contributed by atoms with van der Waals surface area (Å²) in [6.45, 7) is 7.73. The Labute approximate surface area is 256 Å². The summed E-state index contributed by atoms with van der Waals surface area (Å²) in [4.78, 5) is 44.2. The van der Waals surface area contributed by atoms with Gasteiger partial charge in [-0.05, 0) is 87.9 Å². The largest absolute Gasteiger partial charge is 0.496 e. The summed E-state index contributed by atoms with van der Waals surface area (Å²) in [5, 5.41) is 0.430. The van der Waals surface area contributed by atoms with Gasteiger partial charge in [-0.1, -0.05) is 22.9 Å². The third-order valence-corrected chi connectivity index (χ3v) is 8.52. The van der Waals surface area contributed by atoms with Crippen molar-refractivity contribution in [1.29, 1.82) is 0 Å². The van der Waals surface area contributed by atoms with Gasteiger partial charge in [0, 0.05) is 27.7 Å². The van der Waals surface area contributed by atoms with Crippen molar-refractivity contribution in [3.8, 4) is 11.4 Å². The number of ether oxygens (including phenoxy) is 3. The van der Waals surface area contributed by atoms with E-state index in [-0.39, 0.29) is 17.1 Å². The van der Waals surface area contributed by atoms with E-state index in [4.69, 9.17) is 25.8 Å². The lowest BCUT2D eigenvalue weighted by Crippen LogP contribution is -2.40. The van der Waals surface area contributed by atoms with E-state index < -0.39 is 12.0 Å². The maximum absolute atomic E-state index is 14.1. The van der Waals surface area contributed by atoms with Crippen LogP contribution in [0.2, 0.25) is 5.02 Å². The van der Waals surface area contributed by atoms with Crippen LogP contribution >= 0.6 is 22.9 Å². The monoisotopic (exact) mass is 619 g/mol. The normalized spacial score (nSPS) is 14.8. The lowest BCUT2D eigenvalue weighted by molar-refractivity contribution is -0.136. The van der Waals surface area contributed by atoms with Crippen molar-refractivity contribution in [2.75, 3.05) is 20.8 Å². The molecule has 11 heteroatoms. The molecule has 1 aliphatic heterocycles. The minimum Gasteiger partial charge on any atom is -0.496 e. The van der Waals surface area contributed by atoms with Crippen LogP contribution < -0.4 is 19.6 Å². The Morgan fingerprint density at radius 2 is 1.77 bits per heavy atom. The zero-order chi connectivity index (χ0) is 31.0. The number of nitrogens with zero attached hydrogens (tertiary/aromatic N) is 3. The van der Waals surface area contributed by atoms with Gasteiger partial charge in [-0.3, -0.25) is 9.36 Å². The second-order valence-corrected chi connectivity index (χ2v) is 11.3. The summed E-state index contributed by atoms with van der Waals surface area (Å²) in [5.74, 6) is -0.497. The Bertz CT molecular complexity index is 1970. The van der Waals surface area contributed by atoms with Gasteiger partial charge < -0.3 is 18.8 Å². The molecule has 5 rings (SSSR count). The van der Waals surface area contributed by atoms with Crippen LogP contribution in [0.4, 0.5) is 0 Å². The Morgan fingerprint density at radius 3 is 2.42 bits per heavy atom. The minimum atomic E-state index is -0.857. The predicted molar refractivity (Wildman–Crippen MR) is 165 cm³/mol. The second-order valence-electron chi connectivity index (χ2n) is 9.89. The number of esters is 2. The lowest BCUT2D eigenvalue weighted by atomic mass is 9.95. The SMILES string of the molecule is CCOC(=O)c1ccc(-n2c(C)cc(/C=c3\sc4n(c3=O)[C@@H](c3cc(Cl)ccc3OC)C(C(=O)OC)=C(C)N=4)c2C)cc1. The summed E-state index contributed by atoms with van der Waals surface area (Å²) in [5.41, 5.74) is 4.95. The number of aryl methyl sites for hydroxylation is 1. The van der Waals surface area contributed by atoms with Crippen LogP contribution in [0.3, 0.4) is 0 Å². The third-order valence-electron chi connectivity index (χ3n) is 7.31. The lowest BCUT2D eigenvalue weighted by Gasteiger charge is -2.25. The highest BCUT2D eigenvalue weighted by molar-refractivity contribution is 7.07. The van der Waals surface area contributed by atoms with Gasteiger partial charge in [0.2, 0.25) is 0 Å². The molecule has 3 heterocycles. The average Bonchev–Trinajstić information content (AvgIpc) is 3.45. The second kappa shape index (κ2) is 12.1. The zero-order valence-corrected chi connectivity index (χ0v) is 26.1. The molecule has 2 aromatic heterocycles. The standard InChI is InChI=1S/C32H30ClN3O6S/c1-7-42-30(38)20-8-11-23(12-9-20)35-17(2)14-21(19(35)4)15-26-29(37)36-28(24-16-22(33)10-13-25(24)40-5)27(31(39)41-6)18(3)34-32(36)43-26/h8-16,28H,7H2,1-6H3/b26-15-/t28-/m0/s1. The van der Waals surface area contributed by atoms with Crippen LogP contribution in [0.5, 0.6) is 5.75 Å². The van der Waals surface area contributed by atoms with E-state index in [1.165, 1.54) is 30.1 Å². The van der Waals surface area contributed by atoms with E-state index in [9.17, 15) is 14.4 Å². The minimum absolute atomic E-state index is 0.228. The maximum atomic E-state index is 14.1. The number of rotatable bonds is 7. The highest BCUT2D eigenvalue weighted by Gasteiger charge is 2.35. The number of aromatic nitrogens is 2.